The van der Waals surface area contributed by atoms with Crippen LogP contribution in [0.1, 0.15) is 20.7 Å². The van der Waals surface area contributed by atoms with E-state index in [1.807, 2.05) is 0 Å². The second-order valence-electron chi connectivity index (χ2n) is 5.08. The largest absolute Gasteiger partial charge is 1.00 e. The first kappa shape index (κ1) is 25.1. The Bertz CT molecular complexity index is 1140. The molecule has 29 heavy (non-hydrogen) atoms. The Morgan fingerprint density at radius 2 is 1.59 bits per heavy atom. The maximum atomic E-state index is 12.7. The average molecular weight is 452 g/mol. The summed E-state index contributed by atoms with van der Waals surface area (Å²) >= 11 is 0. The second-order valence-corrected chi connectivity index (χ2v) is 7.98. The third kappa shape index (κ3) is 5.78. The fraction of sp³-hybridized carbons (Fsp3) is 0.125. The van der Waals surface area contributed by atoms with Crippen molar-refractivity contribution in [2.45, 2.75) is 9.79 Å². The van der Waals surface area contributed by atoms with E-state index in [2.05, 4.69) is 15.5 Å². The van der Waals surface area contributed by atoms with Crippen molar-refractivity contribution in [1.29, 1.82) is 0 Å². The van der Waals surface area contributed by atoms with Gasteiger partial charge in [-0.25, -0.2) is 18.0 Å². The maximum Gasteiger partial charge on any atom is 1.00 e. The van der Waals surface area contributed by atoms with E-state index < -0.39 is 53.3 Å². The zero-order valence-corrected chi connectivity index (χ0v) is 19.0. The number of carbonyl (C=O) groups is 2. The van der Waals surface area contributed by atoms with Gasteiger partial charge in [0.05, 0.1) is 31.1 Å². The summed E-state index contributed by atoms with van der Waals surface area (Å²) in [7, 11) is -7.59. The van der Waals surface area contributed by atoms with E-state index in [1.165, 1.54) is 0 Å². The molecule has 0 aromatic heterocycles. The van der Waals surface area contributed by atoms with Gasteiger partial charge in [0.2, 0.25) is 10.1 Å². The van der Waals surface area contributed by atoms with Gasteiger partial charge in [-0.1, -0.05) is 0 Å². The van der Waals surface area contributed by atoms with Crippen molar-refractivity contribution < 1.29 is 74.2 Å². The summed E-state index contributed by atoms with van der Waals surface area (Å²) in [6.45, 7) is 0. The molecule has 1 N–H and O–H groups in total. The van der Waals surface area contributed by atoms with Crippen LogP contribution in [0.2, 0.25) is 0 Å². The predicted molar refractivity (Wildman–Crippen MR) is 92.0 cm³/mol. The molecule has 0 heterocycles. The van der Waals surface area contributed by atoms with Gasteiger partial charge in [0.15, 0.2) is 0 Å². The Morgan fingerprint density at radius 3 is 2.14 bits per heavy atom. The van der Waals surface area contributed by atoms with Gasteiger partial charge in [0, 0.05) is 4.90 Å². The molecule has 150 valence electrons. The topological polar surface area (TPSA) is 150 Å². The van der Waals surface area contributed by atoms with Crippen LogP contribution in [-0.4, -0.2) is 47.5 Å². The summed E-state index contributed by atoms with van der Waals surface area (Å²) < 4.78 is 71.3. The number of esters is 2. The first-order valence-electron chi connectivity index (χ1n) is 7.24. The molecule has 0 aliphatic rings. The minimum absolute atomic E-state index is 0. The van der Waals surface area contributed by atoms with Crippen molar-refractivity contribution in [2.75, 3.05) is 14.2 Å². The minimum atomic E-state index is -4.84. The minimum Gasteiger partial charge on any atom is -0.465 e. The monoisotopic (exact) mass is 452 g/mol. The quantitative estimate of drug-likeness (QED) is 0.173. The van der Waals surface area contributed by atoms with Gasteiger partial charge in [-0.2, -0.15) is 26.6 Å². The molecule has 0 fully saturated rings. The van der Waals surface area contributed by atoms with E-state index >= 15 is 0 Å². The first-order valence-corrected chi connectivity index (χ1v) is 10.1. The molecule has 2 aromatic rings. The number of hydrogen-bond donors (Lipinski definition) is 1. The molecule has 0 saturated carbocycles. The van der Waals surface area contributed by atoms with Gasteiger partial charge in [-0.3, -0.25) is 4.55 Å². The van der Waals surface area contributed by atoms with Crippen molar-refractivity contribution in [3.8, 4) is 5.75 Å². The average Bonchev–Trinajstić information content (AvgIpc) is 2.65. The van der Waals surface area contributed by atoms with E-state index in [-0.39, 0.29) is 35.1 Å². The molecule has 0 aliphatic carbocycles. The predicted octanol–water partition coefficient (Wildman–Crippen LogP) is -1.92. The first-order chi connectivity index (χ1) is 13.0. The van der Waals surface area contributed by atoms with E-state index in [0.29, 0.717) is 0 Å². The van der Waals surface area contributed by atoms with Crippen LogP contribution in [0, 0.1) is 6.07 Å². The van der Waals surface area contributed by atoms with Gasteiger partial charge >= 0.3 is 51.6 Å². The third-order valence-electron chi connectivity index (χ3n) is 3.34. The Morgan fingerprint density at radius 1 is 0.966 bits per heavy atom. The number of rotatable bonds is 6. The summed E-state index contributed by atoms with van der Waals surface area (Å²) in [4.78, 5) is 22.0. The van der Waals surface area contributed by atoms with Gasteiger partial charge in [0.1, 0.15) is 4.90 Å². The summed E-state index contributed by atoms with van der Waals surface area (Å²) in [5.74, 6) is -2.67. The van der Waals surface area contributed by atoms with Crippen LogP contribution in [0.3, 0.4) is 0 Å². The van der Waals surface area contributed by atoms with E-state index in [0.717, 1.165) is 50.6 Å². The number of hydrogen-bond acceptors (Lipinski definition) is 9. The zero-order valence-electron chi connectivity index (χ0n) is 15.4. The van der Waals surface area contributed by atoms with Crippen LogP contribution >= 0.6 is 0 Å². The SMILES string of the molecule is COC(=O)c1ccc(C(=O)OC)c(S(=O)(=O)Oc2cc[c-]cc2S(=O)(=O)O)c1.[Na+]. The van der Waals surface area contributed by atoms with Gasteiger partial charge in [-0.15, -0.1) is 6.07 Å². The van der Waals surface area contributed by atoms with Crippen LogP contribution in [-0.2, 0) is 29.7 Å². The molecule has 2 aromatic carbocycles. The summed E-state index contributed by atoms with van der Waals surface area (Å²) in [5, 5.41) is 0. The van der Waals surface area contributed by atoms with Gasteiger partial charge in [0.25, 0.3) is 0 Å². The van der Waals surface area contributed by atoms with Crippen LogP contribution < -0.4 is 33.7 Å². The number of carbonyl (C=O) groups excluding carboxylic acids is 2. The van der Waals surface area contributed by atoms with Crippen LogP contribution in [0.25, 0.3) is 0 Å². The molecular formula is C16H13NaO10S2. The number of ether oxygens (including phenoxy) is 2. The Labute approximate surface area is 188 Å². The molecule has 13 heteroatoms. The fourth-order valence-electron chi connectivity index (χ4n) is 2.09. The van der Waals surface area contributed by atoms with Crippen molar-refractivity contribution >= 4 is 32.2 Å². The normalized spacial score (nSPS) is 11.1. The van der Waals surface area contributed by atoms with E-state index in [9.17, 15) is 31.0 Å². The number of benzene rings is 2. The molecule has 10 nitrogen and oxygen atoms in total. The molecule has 0 bridgehead atoms. The Hall–Kier alpha value is -1.96. The van der Waals surface area contributed by atoms with Gasteiger partial charge in [-0.05, 0) is 18.2 Å². The summed E-state index contributed by atoms with van der Waals surface area (Å²) in [6.07, 6.45) is 0. The Kier molecular flexibility index (Phi) is 8.38. The van der Waals surface area contributed by atoms with Crippen molar-refractivity contribution in [3.63, 3.8) is 0 Å². The van der Waals surface area contributed by atoms with Gasteiger partial charge < -0.3 is 13.7 Å². The third-order valence-corrected chi connectivity index (χ3v) is 5.49. The van der Waals surface area contributed by atoms with Crippen molar-refractivity contribution in [3.05, 3.63) is 53.6 Å². The molecule has 0 aliphatic heterocycles. The van der Waals surface area contributed by atoms with Crippen molar-refractivity contribution in [1.82, 2.24) is 0 Å². The van der Waals surface area contributed by atoms with Crippen LogP contribution in [0.5, 0.6) is 5.75 Å². The fourth-order valence-corrected chi connectivity index (χ4v) is 3.88. The molecule has 0 spiro atoms. The van der Waals surface area contributed by atoms with Crippen LogP contribution in [0.15, 0.2) is 46.2 Å². The molecule has 2 rings (SSSR count). The molecular weight excluding hydrogens is 439 g/mol. The maximum absolute atomic E-state index is 12.7. The number of methoxy groups -OCH3 is 2. The summed E-state index contributed by atoms with van der Waals surface area (Å²) in [5.41, 5.74) is -0.681. The zero-order chi connectivity index (χ0) is 21.1. The summed E-state index contributed by atoms with van der Waals surface area (Å²) in [6, 6.07) is 8.19. The van der Waals surface area contributed by atoms with Crippen LogP contribution in [0.4, 0.5) is 0 Å². The molecule has 0 saturated heterocycles. The Balaban J connectivity index is 0.00000420. The standard InChI is InChI=1S/C16H13O10S2.Na/c1-24-15(17)10-7-8-11(16(18)25-2)14(9-10)28(22,23)26-12-5-3-4-6-13(12)27(19,20)21;/h3,5-9H,1-2H3,(H,19,20,21);/q-1;+1. The molecule has 0 unspecified atom stereocenters. The second kappa shape index (κ2) is 9.69. The molecule has 0 amide bonds. The van der Waals surface area contributed by atoms with Crippen molar-refractivity contribution in [2.24, 2.45) is 0 Å². The smallest absolute Gasteiger partial charge is 0.465 e. The molecule has 0 radical (unpaired) electrons. The van der Waals surface area contributed by atoms with E-state index in [4.69, 9.17) is 4.18 Å². The van der Waals surface area contributed by atoms with E-state index in [1.54, 1.807) is 0 Å². The molecule has 0 atom stereocenters.